The van der Waals surface area contributed by atoms with Crippen molar-refractivity contribution in [3.63, 3.8) is 0 Å². The van der Waals surface area contributed by atoms with Gasteiger partial charge in [-0.15, -0.1) is 11.3 Å². The van der Waals surface area contributed by atoms with Crippen LogP contribution in [0.25, 0.3) is 10.2 Å². The molecule has 6 heteroatoms. The molecule has 2 aromatic rings. The number of carbonyl (C=O) groups excluding carboxylic acids is 1. The average Bonchev–Trinajstić information content (AvgIpc) is 2.81. The number of aromatic nitrogens is 2. The molecule has 2 heterocycles. The fourth-order valence-corrected chi connectivity index (χ4v) is 3.92. The molecule has 1 aliphatic carbocycles. The molecular formula is C14H16N2O3S. The van der Waals surface area contributed by atoms with Crippen LogP contribution in [0.3, 0.4) is 0 Å². The van der Waals surface area contributed by atoms with Crippen molar-refractivity contribution in [2.75, 3.05) is 6.61 Å². The van der Waals surface area contributed by atoms with Crippen LogP contribution in [0.5, 0.6) is 0 Å². The van der Waals surface area contributed by atoms with Gasteiger partial charge < -0.3 is 4.74 Å². The lowest BCUT2D eigenvalue weighted by atomic mass is 9.97. The molecule has 0 unspecified atom stereocenters. The fraction of sp³-hybridized carbons (Fsp3) is 0.500. The number of hydrogen-bond donors (Lipinski definition) is 0. The van der Waals surface area contributed by atoms with E-state index in [1.807, 2.05) is 0 Å². The first kappa shape index (κ1) is 13.3. The zero-order chi connectivity index (χ0) is 14.3. The van der Waals surface area contributed by atoms with Crippen molar-refractivity contribution in [2.24, 2.45) is 7.05 Å². The topological polar surface area (TPSA) is 61.2 Å². The number of fused-ring (bicyclic) bond motifs is 3. The van der Waals surface area contributed by atoms with Gasteiger partial charge in [0.05, 0.1) is 12.0 Å². The van der Waals surface area contributed by atoms with Crippen molar-refractivity contribution in [3.05, 3.63) is 26.6 Å². The van der Waals surface area contributed by atoms with Gasteiger partial charge in [0.15, 0.2) is 0 Å². The minimum atomic E-state index is -0.541. The minimum Gasteiger partial charge on any atom is -0.460 e. The van der Waals surface area contributed by atoms with Gasteiger partial charge in [0.1, 0.15) is 4.83 Å². The lowest BCUT2D eigenvalue weighted by molar-refractivity contribution is 0.0506. The minimum absolute atomic E-state index is 0.0861. The lowest BCUT2D eigenvalue weighted by Crippen LogP contribution is -2.26. The number of esters is 1. The molecule has 0 atom stereocenters. The predicted molar refractivity (Wildman–Crippen MR) is 77.5 cm³/mol. The van der Waals surface area contributed by atoms with Gasteiger partial charge in [0, 0.05) is 11.9 Å². The van der Waals surface area contributed by atoms with Gasteiger partial charge in [0.2, 0.25) is 5.82 Å². The molecule has 0 amide bonds. The van der Waals surface area contributed by atoms with E-state index in [9.17, 15) is 9.59 Å². The highest BCUT2D eigenvalue weighted by Crippen LogP contribution is 2.33. The Balaban J connectivity index is 2.25. The first-order valence-corrected chi connectivity index (χ1v) is 7.63. The van der Waals surface area contributed by atoms with Gasteiger partial charge in [-0.2, -0.15) is 0 Å². The molecular weight excluding hydrogens is 276 g/mol. The van der Waals surface area contributed by atoms with Gasteiger partial charge in [-0.05, 0) is 38.2 Å². The number of hydrogen-bond acceptors (Lipinski definition) is 5. The number of thiophene rings is 1. The van der Waals surface area contributed by atoms with Crippen LogP contribution in [0.4, 0.5) is 0 Å². The first-order valence-electron chi connectivity index (χ1n) is 6.82. The summed E-state index contributed by atoms with van der Waals surface area (Å²) in [6, 6.07) is 0. The molecule has 3 rings (SSSR count). The van der Waals surface area contributed by atoms with E-state index in [4.69, 9.17) is 4.74 Å². The molecule has 0 bridgehead atoms. The molecule has 0 saturated heterocycles. The normalized spacial score (nSPS) is 14.3. The van der Waals surface area contributed by atoms with Gasteiger partial charge in [-0.1, -0.05) is 0 Å². The summed E-state index contributed by atoms with van der Waals surface area (Å²) in [6.45, 7) is 2.01. The second-order valence-corrected chi connectivity index (χ2v) is 5.99. The fourth-order valence-electron chi connectivity index (χ4n) is 2.66. The summed E-state index contributed by atoms with van der Waals surface area (Å²) in [5.74, 6) is -0.455. The van der Waals surface area contributed by atoms with Crippen molar-refractivity contribution in [1.29, 1.82) is 0 Å². The standard InChI is InChI=1S/C14H16N2O3S/c1-3-19-14(18)11-15-12-10(13(17)16(11)2)8-6-4-5-7-9(8)20-12/h3-7H2,1-2H3. The third-order valence-electron chi connectivity index (χ3n) is 3.65. The Labute approximate surface area is 120 Å². The molecule has 0 aromatic carbocycles. The highest BCUT2D eigenvalue weighted by molar-refractivity contribution is 7.18. The molecule has 0 saturated carbocycles. The Morgan fingerprint density at radius 3 is 2.90 bits per heavy atom. The van der Waals surface area contributed by atoms with Crippen LogP contribution in [0.15, 0.2) is 4.79 Å². The van der Waals surface area contributed by atoms with E-state index in [0.717, 1.165) is 31.2 Å². The highest BCUT2D eigenvalue weighted by atomic mass is 32.1. The van der Waals surface area contributed by atoms with E-state index in [1.165, 1.54) is 9.44 Å². The highest BCUT2D eigenvalue weighted by Gasteiger charge is 2.23. The first-order chi connectivity index (χ1) is 9.63. The SMILES string of the molecule is CCOC(=O)c1nc2sc3c(c2c(=O)n1C)CCCC3. The molecule has 0 aliphatic heterocycles. The average molecular weight is 292 g/mol. The monoisotopic (exact) mass is 292 g/mol. The van der Waals surface area contributed by atoms with Crippen molar-refractivity contribution in [1.82, 2.24) is 9.55 Å². The predicted octanol–water partition coefficient (Wildman–Crippen LogP) is 2.05. The summed E-state index contributed by atoms with van der Waals surface area (Å²) < 4.78 is 6.27. The number of rotatable bonds is 2. The zero-order valence-corrected chi connectivity index (χ0v) is 12.4. The molecule has 20 heavy (non-hydrogen) atoms. The smallest absolute Gasteiger partial charge is 0.374 e. The summed E-state index contributed by atoms with van der Waals surface area (Å²) in [6.07, 6.45) is 4.21. The summed E-state index contributed by atoms with van der Waals surface area (Å²) in [7, 11) is 1.58. The van der Waals surface area contributed by atoms with E-state index >= 15 is 0 Å². The molecule has 0 radical (unpaired) electrons. The Kier molecular flexibility index (Phi) is 3.33. The molecule has 2 aromatic heterocycles. The second kappa shape index (κ2) is 5.01. The van der Waals surface area contributed by atoms with Crippen LogP contribution in [-0.2, 0) is 24.6 Å². The van der Waals surface area contributed by atoms with Crippen molar-refractivity contribution in [2.45, 2.75) is 32.6 Å². The molecule has 0 spiro atoms. The molecule has 1 aliphatic rings. The summed E-state index contributed by atoms with van der Waals surface area (Å²) in [5, 5.41) is 0.695. The number of nitrogens with zero attached hydrogens (tertiary/aromatic N) is 2. The molecule has 0 N–H and O–H groups in total. The largest absolute Gasteiger partial charge is 0.460 e. The van der Waals surface area contributed by atoms with Gasteiger partial charge in [-0.25, -0.2) is 9.78 Å². The second-order valence-electron chi connectivity index (χ2n) is 4.91. The van der Waals surface area contributed by atoms with E-state index in [1.54, 1.807) is 25.3 Å². The molecule has 106 valence electrons. The van der Waals surface area contributed by atoms with Crippen LogP contribution in [0, 0.1) is 0 Å². The maximum Gasteiger partial charge on any atom is 0.374 e. The van der Waals surface area contributed by atoms with Crippen LogP contribution in [0.1, 0.15) is 40.8 Å². The Morgan fingerprint density at radius 2 is 2.15 bits per heavy atom. The van der Waals surface area contributed by atoms with Gasteiger partial charge in [0.25, 0.3) is 5.56 Å². The Hall–Kier alpha value is -1.69. The quantitative estimate of drug-likeness (QED) is 0.795. The third-order valence-corrected chi connectivity index (χ3v) is 4.84. The maximum atomic E-state index is 12.5. The maximum absolute atomic E-state index is 12.5. The van der Waals surface area contributed by atoms with Crippen molar-refractivity contribution >= 4 is 27.5 Å². The number of ether oxygens (including phenoxy) is 1. The van der Waals surface area contributed by atoms with Crippen LogP contribution in [-0.4, -0.2) is 22.1 Å². The Bertz CT molecular complexity index is 745. The van der Waals surface area contributed by atoms with E-state index in [-0.39, 0.29) is 18.0 Å². The summed E-state index contributed by atoms with van der Waals surface area (Å²) >= 11 is 1.54. The summed E-state index contributed by atoms with van der Waals surface area (Å²) in [5.41, 5.74) is 0.997. The number of carbonyl (C=O) groups is 1. The van der Waals surface area contributed by atoms with E-state index in [2.05, 4.69) is 4.98 Å². The third kappa shape index (κ3) is 1.95. The molecule has 5 nitrogen and oxygen atoms in total. The van der Waals surface area contributed by atoms with Crippen LogP contribution in [0.2, 0.25) is 0 Å². The lowest BCUT2D eigenvalue weighted by Gasteiger charge is -2.10. The van der Waals surface area contributed by atoms with E-state index in [0.29, 0.717) is 10.2 Å². The zero-order valence-electron chi connectivity index (χ0n) is 11.6. The Morgan fingerprint density at radius 1 is 1.40 bits per heavy atom. The van der Waals surface area contributed by atoms with E-state index < -0.39 is 5.97 Å². The molecule has 0 fully saturated rings. The van der Waals surface area contributed by atoms with Crippen molar-refractivity contribution < 1.29 is 9.53 Å². The summed E-state index contributed by atoms with van der Waals surface area (Å²) in [4.78, 5) is 30.7. The number of aryl methyl sites for hydroxylation is 2. The van der Waals surface area contributed by atoms with Crippen molar-refractivity contribution in [3.8, 4) is 0 Å². The van der Waals surface area contributed by atoms with Crippen LogP contribution < -0.4 is 5.56 Å². The van der Waals surface area contributed by atoms with Gasteiger partial charge >= 0.3 is 5.97 Å². The van der Waals surface area contributed by atoms with Crippen LogP contribution >= 0.6 is 11.3 Å². The van der Waals surface area contributed by atoms with Gasteiger partial charge in [-0.3, -0.25) is 9.36 Å².